The molecule has 5 heteroatoms. The van der Waals surface area contributed by atoms with Crippen molar-refractivity contribution < 1.29 is 19.4 Å². The molecule has 19 heavy (non-hydrogen) atoms. The lowest BCUT2D eigenvalue weighted by molar-refractivity contribution is -0.141. The van der Waals surface area contributed by atoms with E-state index in [1.165, 1.54) is 0 Å². The molecule has 0 aliphatic carbocycles. The smallest absolute Gasteiger partial charge is 0.410 e. The third-order valence-corrected chi connectivity index (χ3v) is 2.76. The van der Waals surface area contributed by atoms with E-state index in [-0.39, 0.29) is 12.0 Å². The summed E-state index contributed by atoms with van der Waals surface area (Å²) in [6, 6.07) is 0. The van der Waals surface area contributed by atoms with Gasteiger partial charge in [0.2, 0.25) is 0 Å². The molecule has 0 aliphatic heterocycles. The molecule has 1 unspecified atom stereocenters. The van der Waals surface area contributed by atoms with E-state index in [0.717, 1.165) is 19.3 Å². The first-order valence-corrected chi connectivity index (χ1v) is 6.80. The van der Waals surface area contributed by atoms with Gasteiger partial charge in [0.1, 0.15) is 5.60 Å². The van der Waals surface area contributed by atoms with Gasteiger partial charge in [0.25, 0.3) is 0 Å². The summed E-state index contributed by atoms with van der Waals surface area (Å²) in [5.74, 6) is -1.03. The van der Waals surface area contributed by atoms with Crippen LogP contribution in [0.5, 0.6) is 0 Å². The number of rotatable bonds is 7. The Labute approximate surface area is 115 Å². The van der Waals surface area contributed by atoms with Crippen molar-refractivity contribution in [2.24, 2.45) is 5.92 Å². The second-order valence-electron chi connectivity index (χ2n) is 5.99. The summed E-state index contributed by atoms with van der Waals surface area (Å²) in [5.41, 5.74) is -0.470. The molecule has 0 aromatic heterocycles. The van der Waals surface area contributed by atoms with Crippen molar-refractivity contribution in [3.8, 4) is 0 Å². The molecule has 1 amide bonds. The van der Waals surface area contributed by atoms with Crippen LogP contribution >= 0.6 is 0 Å². The number of carbonyl (C=O) groups is 2. The van der Waals surface area contributed by atoms with Crippen LogP contribution in [0.15, 0.2) is 0 Å². The Hall–Kier alpha value is -1.26. The van der Waals surface area contributed by atoms with Crippen LogP contribution in [0.1, 0.15) is 53.4 Å². The highest BCUT2D eigenvalue weighted by Gasteiger charge is 2.19. The molecule has 0 spiro atoms. The fraction of sp³-hybridized carbons (Fsp3) is 0.857. The highest BCUT2D eigenvalue weighted by Crippen LogP contribution is 2.11. The summed E-state index contributed by atoms with van der Waals surface area (Å²) >= 11 is 0. The van der Waals surface area contributed by atoms with Crippen LogP contribution in [-0.4, -0.2) is 41.3 Å². The summed E-state index contributed by atoms with van der Waals surface area (Å²) in [7, 11) is 1.72. The highest BCUT2D eigenvalue weighted by atomic mass is 16.6. The fourth-order valence-electron chi connectivity index (χ4n) is 1.53. The first kappa shape index (κ1) is 17.7. The van der Waals surface area contributed by atoms with Crippen molar-refractivity contribution in [2.75, 3.05) is 13.6 Å². The van der Waals surface area contributed by atoms with Gasteiger partial charge in [-0.25, -0.2) is 4.79 Å². The fourth-order valence-corrected chi connectivity index (χ4v) is 1.53. The van der Waals surface area contributed by atoms with Gasteiger partial charge < -0.3 is 14.7 Å². The largest absolute Gasteiger partial charge is 0.481 e. The maximum atomic E-state index is 11.6. The van der Waals surface area contributed by atoms with Gasteiger partial charge in [0.05, 0.1) is 5.92 Å². The molecule has 0 bridgehead atoms. The number of hydrogen-bond acceptors (Lipinski definition) is 3. The number of unbranched alkanes of at least 4 members (excludes halogenated alkanes) is 2. The van der Waals surface area contributed by atoms with E-state index in [4.69, 9.17) is 9.84 Å². The molecule has 0 saturated heterocycles. The number of carbonyl (C=O) groups excluding carboxylic acids is 1. The van der Waals surface area contributed by atoms with Gasteiger partial charge in [-0.15, -0.1) is 0 Å². The molecule has 0 aliphatic rings. The lowest BCUT2D eigenvalue weighted by Gasteiger charge is -2.24. The number of aliphatic carboxylic acids is 1. The molecular weight excluding hydrogens is 246 g/mol. The molecule has 0 fully saturated rings. The Morgan fingerprint density at radius 2 is 1.79 bits per heavy atom. The van der Waals surface area contributed by atoms with E-state index < -0.39 is 11.6 Å². The Morgan fingerprint density at radius 1 is 1.21 bits per heavy atom. The SMILES string of the molecule is CC(CCCCCN(C)C(=O)OC(C)(C)C)C(=O)O. The van der Waals surface area contributed by atoms with Crippen LogP contribution < -0.4 is 0 Å². The predicted octanol–water partition coefficient (Wildman–Crippen LogP) is 3.13. The normalized spacial score (nSPS) is 12.9. The Morgan fingerprint density at radius 3 is 2.26 bits per heavy atom. The number of carboxylic acids is 1. The van der Waals surface area contributed by atoms with E-state index in [2.05, 4.69) is 0 Å². The Bertz CT molecular complexity index is 296. The van der Waals surface area contributed by atoms with Gasteiger partial charge in [-0.2, -0.15) is 0 Å². The summed E-state index contributed by atoms with van der Waals surface area (Å²) in [4.78, 5) is 23.8. The van der Waals surface area contributed by atoms with Crippen molar-refractivity contribution in [1.82, 2.24) is 4.90 Å². The van der Waals surface area contributed by atoms with Crippen molar-refractivity contribution in [3.05, 3.63) is 0 Å². The number of nitrogens with zero attached hydrogens (tertiary/aromatic N) is 1. The molecule has 1 N–H and O–H groups in total. The zero-order valence-corrected chi connectivity index (χ0v) is 12.7. The summed E-state index contributed by atoms with van der Waals surface area (Å²) in [6.45, 7) is 7.87. The molecule has 112 valence electrons. The van der Waals surface area contributed by atoms with Crippen molar-refractivity contribution in [1.29, 1.82) is 0 Å². The lowest BCUT2D eigenvalue weighted by Crippen LogP contribution is -2.34. The average Bonchev–Trinajstić information content (AvgIpc) is 2.25. The molecule has 0 radical (unpaired) electrons. The first-order valence-electron chi connectivity index (χ1n) is 6.80. The minimum absolute atomic E-state index is 0.288. The van der Waals surface area contributed by atoms with Gasteiger partial charge in [-0.3, -0.25) is 4.79 Å². The minimum Gasteiger partial charge on any atom is -0.481 e. The molecule has 0 heterocycles. The lowest BCUT2D eigenvalue weighted by atomic mass is 10.0. The van der Waals surface area contributed by atoms with Gasteiger partial charge in [0.15, 0.2) is 0 Å². The number of amides is 1. The van der Waals surface area contributed by atoms with Gasteiger partial charge in [-0.1, -0.05) is 19.8 Å². The van der Waals surface area contributed by atoms with Gasteiger partial charge >= 0.3 is 12.1 Å². The molecule has 0 rings (SSSR count). The highest BCUT2D eigenvalue weighted by molar-refractivity contribution is 5.69. The number of carboxylic acid groups (broad SMARTS) is 1. The molecule has 0 aromatic carbocycles. The zero-order chi connectivity index (χ0) is 15.1. The summed E-state index contributed by atoms with van der Waals surface area (Å²) in [6.07, 6.45) is 3.03. The third kappa shape index (κ3) is 9.33. The summed E-state index contributed by atoms with van der Waals surface area (Å²) in [5, 5.41) is 8.74. The van der Waals surface area contributed by atoms with Gasteiger partial charge in [-0.05, 0) is 33.6 Å². The van der Waals surface area contributed by atoms with Gasteiger partial charge in [0, 0.05) is 13.6 Å². The van der Waals surface area contributed by atoms with Crippen LogP contribution in [0.25, 0.3) is 0 Å². The van der Waals surface area contributed by atoms with Crippen molar-refractivity contribution in [2.45, 2.75) is 59.0 Å². The van der Waals surface area contributed by atoms with E-state index in [9.17, 15) is 9.59 Å². The molecule has 5 nitrogen and oxygen atoms in total. The topological polar surface area (TPSA) is 66.8 Å². The minimum atomic E-state index is -0.745. The molecule has 1 atom stereocenters. The Kier molecular flexibility index (Phi) is 7.49. The third-order valence-electron chi connectivity index (χ3n) is 2.76. The van der Waals surface area contributed by atoms with Crippen LogP contribution in [0.3, 0.4) is 0 Å². The van der Waals surface area contributed by atoms with E-state index >= 15 is 0 Å². The van der Waals surface area contributed by atoms with E-state index in [1.807, 2.05) is 20.8 Å². The van der Waals surface area contributed by atoms with Crippen LogP contribution in [0.4, 0.5) is 4.79 Å². The van der Waals surface area contributed by atoms with Crippen LogP contribution in [0, 0.1) is 5.92 Å². The maximum absolute atomic E-state index is 11.6. The van der Waals surface area contributed by atoms with Crippen molar-refractivity contribution in [3.63, 3.8) is 0 Å². The monoisotopic (exact) mass is 273 g/mol. The average molecular weight is 273 g/mol. The Balaban J connectivity index is 3.72. The van der Waals surface area contributed by atoms with Crippen LogP contribution in [0.2, 0.25) is 0 Å². The second-order valence-corrected chi connectivity index (χ2v) is 5.99. The predicted molar refractivity (Wildman–Crippen MR) is 74.1 cm³/mol. The number of ether oxygens (including phenoxy) is 1. The number of hydrogen-bond donors (Lipinski definition) is 1. The van der Waals surface area contributed by atoms with Crippen LogP contribution in [-0.2, 0) is 9.53 Å². The van der Waals surface area contributed by atoms with Crippen molar-refractivity contribution >= 4 is 12.1 Å². The zero-order valence-electron chi connectivity index (χ0n) is 12.7. The standard InChI is InChI=1S/C14H27NO4/c1-11(12(16)17)9-7-6-8-10-15(5)13(18)19-14(2,3)4/h11H,6-10H2,1-5H3,(H,16,17). The molecule has 0 aromatic rings. The quantitative estimate of drug-likeness (QED) is 0.724. The molecular formula is C14H27NO4. The van der Waals surface area contributed by atoms with E-state index in [1.54, 1.807) is 18.9 Å². The maximum Gasteiger partial charge on any atom is 0.410 e. The second kappa shape index (κ2) is 8.02. The van der Waals surface area contributed by atoms with E-state index in [0.29, 0.717) is 13.0 Å². The first-order chi connectivity index (χ1) is 8.63. The molecule has 0 saturated carbocycles. The summed E-state index contributed by atoms with van der Waals surface area (Å²) < 4.78 is 5.24.